The van der Waals surface area contributed by atoms with Crippen LogP contribution in [0, 0.1) is 0 Å². The minimum Gasteiger partial charge on any atom is -0.440 e. The molecule has 0 aromatic heterocycles. The molecule has 0 aliphatic carbocycles. The first kappa shape index (κ1) is 12.1. The van der Waals surface area contributed by atoms with Crippen molar-refractivity contribution >= 4 is 6.09 Å². The van der Waals surface area contributed by atoms with E-state index in [1.54, 1.807) is 20.8 Å². The average molecular weight is 199 g/mol. The first-order valence-corrected chi connectivity index (χ1v) is 3.62. The van der Waals surface area contributed by atoms with E-state index in [-0.39, 0.29) is 0 Å². The maximum Gasteiger partial charge on any atom is 0.422 e. The Hall–Kier alpha value is -0.940. The van der Waals surface area contributed by atoms with E-state index in [2.05, 4.69) is 10.1 Å². The van der Waals surface area contributed by atoms with Crippen molar-refractivity contribution in [2.24, 2.45) is 0 Å². The van der Waals surface area contributed by atoms with Gasteiger partial charge in [0, 0.05) is 5.54 Å². The molecule has 0 bridgehead atoms. The Labute approximate surface area is 74.3 Å². The fourth-order valence-electron chi connectivity index (χ4n) is 0.490. The molecule has 0 aliphatic heterocycles. The van der Waals surface area contributed by atoms with E-state index in [4.69, 9.17) is 0 Å². The molecule has 0 rings (SSSR count). The zero-order valence-corrected chi connectivity index (χ0v) is 7.66. The number of alkyl carbamates (subject to hydrolysis) is 1. The van der Waals surface area contributed by atoms with Crippen LogP contribution in [0.25, 0.3) is 0 Å². The Bertz CT molecular complexity index is 183. The number of rotatable bonds is 1. The largest absolute Gasteiger partial charge is 0.440 e. The van der Waals surface area contributed by atoms with Crippen LogP contribution in [0.2, 0.25) is 0 Å². The van der Waals surface area contributed by atoms with Gasteiger partial charge in [0.1, 0.15) is 0 Å². The standard InChI is InChI=1S/C7H12F3NO2/c1-6(2,3)11-5(12)13-4-7(8,9)10/h4H2,1-3H3,(H,11,12). The van der Waals surface area contributed by atoms with Crippen LogP contribution in [0.15, 0.2) is 0 Å². The number of hydrogen-bond acceptors (Lipinski definition) is 2. The topological polar surface area (TPSA) is 38.3 Å². The smallest absolute Gasteiger partial charge is 0.422 e. The van der Waals surface area contributed by atoms with Crippen LogP contribution < -0.4 is 5.32 Å². The second kappa shape index (κ2) is 3.85. The first-order chi connectivity index (χ1) is 5.60. The summed E-state index contributed by atoms with van der Waals surface area (Å²) in [5.41, 5.74) is -0.595. The number of hydrogen-bond donors (Lipinski definition) is 1. The lowest BCUT2D eigenvalue weighted by molar-refractivity contribution is -0.160. The number of nitrogens with one attached hydrogen (secondary N) is 1. The van der Waals surface area contributed by atoms with E-state index in [9.17, 15) is 18.0 Å². The summed E-state index contributed by atoms with van der Waals surface area (Å²) in [6.45, 7) is 3.36. The Morgan fingerprint density at radius 3 is 2.08 bits per heavy atom. The van der Waals surface area contributed by atoms with E-state index >= 15 is 0 Å². The molecule has 0 heterocycles. The lowest BCUT2D eigenvalue weighted by Crippen LogP contribution is -2.42. The highest BCUT2D eigenvalue weighted by molar-refractivity contribution is 5.68. The molecule has 0 unspecified atom stereocenters. The molecule has 3 nitrogen and oxygen atoms in total. The van der Waals surface area contributed by atoms with Gasteiger partial charge in [-0.05, 0) is 20.8 Å². The highest BCUT2D eigenvalue weighted by atomic mass is 19.4. The SMILES string of the molecule is CC(C)(C)NC(=O)OCC(F)(F)F. The maximum atomic E-state index is 11.5. The minimum atomic E-state index is -4.48. The molecule has 78 valence electrons. The van der Waals surface area contributed by atoms with Gasteiger partial charge in [0.2, 0.25) is 0 Å². The fourth-order valence-corrected chi connectivity index (χ4v) is 0.490. The third-order valence-electron chi connectivity index (χ3n) is 0.844. The summed E-state index contributed by atoms with van der Waals surface area (Å²) in [5.74, 6) is 0. The quantitative estimate of drug-likeness (QED) is 0.702. The average Bonchev–Trinajstić information content (AvgIpc) is 1.78. The lowest BCUT2D eigenvalue weighted by Gasteiger charge is -2.20. The lowest BCUT2D eigenvalue weighted by atomic mass is 10.1. The van der Waals surface area contributed by atoms with E-state index < -0.39 is 24.4 Å². The van der Waals surface area contributed by atoms with Crippen LogP contribution in [0.3, 0.4) is 0 Å². The van der Waals surface area contributed by atoms with Crippen molar-refractivity contribution in [1.82, 2.24) is 5.32 Å². The van der Waals surface area contributed by atoms with Crippen molar-refractivity contribution in [2.45, 2.75) is 32.5 Å². The van der Waals surface area contributed by atoms with Crippen molar-refractivity contribution in [1.29, 1.82) is 0 Å². The third kappa shape index (κ3) is 8.97. The highest BCUT2D eigenvalue weighted by Gasteiger charge is 2.30. The molecule has 0 spiro atoms. The van der Waals surface area contributed by atoms with Crippen LogP contribution in [-0.2, 0) is 4.74 Å². The van der Waals surface area contributed by atoms with Crippen molar-refractivity contribution in [3.8, 4) is 0 Å². The summed E-state index contributed by atoms with van der Waals surface area (Å²) in [5, 5.41) is 2.23. The maximum absolute atomic E-state index is 11.5. The van der Waals surface area contributed by atoms with E-state index in [1.807, 2.05) is 0 Å². The summed E-state index contributed by atoms with van der Waals surface area (Å²) in [4.78, 5) is 10.7. The Morgan fingerprint density at radius 1 is 1.31 bits per heavy atom. The van der Waals surface area contributed by atoms with Gasteiger partial charge in [0.15, 0.2) is 6.61 Å². The molecular weight excluding hydrogens is 187 g/mol. The Morgan fingerprint density at radius 2 is 1.77 bits per heavy atom. The van der Waals surface area contributed by atoms with Gasteiger partial charge in [-0.1, -0.05) is 0 Å². The molecule has 1 amide bonds. The van der Waals surface area contributed by atoms with Gasteiger partial charge >= 0.3 is 12.3 Å². The van der Waals surface area contributed by atoms with Crippen LogP contribution in [0.1, 0.15) is 20.8 Å². The zero-order valence-electron chi connectivity index (χ0n) is 7.66. The monoisotopic (exact) mass is 199 g/mol. The van der Waals surface area contributed by atoms with Gasteiger partial charge in [0.25, 0.3) is 0 Å². The van der Waals surface area contributed by atoms with Gasteiger partial charge in [-0.25, -0.2) is 4.79 Å². The first-order valence-electron chi connectivity index (χ1n) is 3.62. The molecule has 0 saturated heterocycles. The summed E-state index contributed by atoms with van der Waals surface area (Å²) in [7, 11) is 0. The summed E-state index contributed by atoms with van der Waals surface area (Å²) < 4.78 is 38.5. The summed E-state index contributed by atoms with van der Waals surface area (Å²) >= 11 is 0. The van der Waals surface area contributed by atoms with E-state index in [0.29, 0.717) is 0 Å². The zero-order chi connectivity index (χ0) is 10.7. The van der Waals surface area contributed by atoms with Gasteiger partial charge < -0.3 is 10.1 Å². The van der Waals surface area contributed by atoms with E-state index in [0.717, 1.165) is 0 Å². The predicted octanol–water partition coefficient (Wildman–Crippen LogP) is 2.07. The van der Waals surface area contributed by atoms with Gasteiger partial charge in [-0.3, -0.25) is 0 Å². The second-order valence-electron chi connectivity index (χ2n) is 3.57. The Kier molecular flexibility index (Phi) is 3.57. The van der Waals surface area contributed by atoms with Crippen LogP contribution in [-0.4, -0.2) is 24.4 Å². The van der Waals surface area contributed by atoms with Gasteiger partial charge in [-0.2, -0.15) is 13.2 Å². The molecular formula is C7H12F3NO2. The normalized spacial score (nSPS) is 12.5. The molecule has 0 aliphatic rings. The van der Waals surface area contributed by atoms with Crippen LogP contribution in [0.5, 0.6) is 0 Å². The molecule has 0 atom stereocenters. The number of amides is 1. The number of carbonyl (C=O) groups is 1. The molecule has 0 aromatic carbocycles. The Balaban J connectivity index is 3.78. The molecule has 0 fully saturated rings. The molecule has 0 saturated carbocycles. The van der Waals surface area contributed by atoms with Crippen molar-refractivity contribution in [3.63, 3.8) is 0 Å². The summed E-state index contributed by atoms with van der Waals surface area (Å²) in [6, 6.07) is 0. The number of ether oxygens (including phenoxy) is 1. The molecule has 6 heteroatoms. The number of carbonyl (C=O) groups excluding carboxylic acids is 1. The van der Waals surface area contributed by atoms with Crippen molar-refractivity contribution in [2.75, 3.05) is 6.61 Å². The molecule has 1 N–H and O–H groups in total. The number of halogens is 3. The van der Waals surface area contributed by atoms with Gasteiger partial charge in [-0.15, -0.1) is 0 Å². The fraction of sp³-hybridized carbons (Fsp3) is 0.857. The predicted molar refractivity (Wildman–Crippen MR) is 40.3 cm³/mol. The molecule has 13 heavy (non-hydrogen) atoms. The number of alkyl halides is 3. The van der Waals surface area contributed by atoms with Crippen molar-refractivity contribution in [3.05, 3.63) is 0 Å². The van der Waals surface area contributed by atoms with Gasteiger partial charge in [0.05, 0.1) is 0 Å². The second-order valence-corrected chi connectivity index (χ2v) is 3.57. The van der Waals surface area contributed by atoms with Crippen molar-refractivity contribution < 1.29 is 22.7 Å². The van der Waals surface area contributed by atoms with E-state index in [1.165, 1.54) is 0 Å². The van der Waals surface area contributed by atoms with Crippen LogP contribution in [0.4, 0.5) is 18.0 Å². The third-order valence-corrected chi connectivity index (χ3v) is 0.844. The molecule has 0 aromatic rings. The highest BCUT2D eigenvalue weighted by Crippen LogP contribution is 2.14. The minimum absolute atomic E-state index is 0.595. The molecule has 0 radical (unpaired) electrons. The summed E-state index contributed by atoms with van der Waals surface area (Å²) in [6.07, 6.45) is -5.54. The van der Waals surface area contributed by atoms with Crippen LogP contribution >= 0.6 is 0 Å².